The number of rotatable bonds is 2. The van der Waals surface area contributed by atoms with E-state index < -0.39 is 0 Å². The Kier molecular flexibility index (Phi) is 3.59. The minimum absolute atomic E-state index is 0.0242. The number of hydrogen-bond donors (Lipinski definition) is 2. The van der Waals surface area contributed by atoms with Crippen molar-refractivity contribution in [1.82, 2.24) is 9.88 Å². The molecule has 0 fully saturated rings. The molecule has 2 aromatic rings. The van der Waals surface area contributed by atoms with Crippen molar-refractivity contribution in [1.29, 1.82) is 0 Å². The summed E-state index contributed by atoms with van der Waals surface area (Å²) in [5.74, 6) is 0.460. The zero-order valence-corrected chi connectivity index (χ0v) is 12.5. The Morgan fingerprint density at radius 3 is 3.00 bits per heavy atom. The van der Waals surface area contributed by atoms with Crippen LogP contribution < -0.4 is 0 Å². The first-order chi connectivity index (χ1) is 9.60. The standard InChI is InChI=1S/C16H19ClN2O/c1-10-5-13(15(9-20)19(2)8-10)14-7-12(17)6-11-3-4-18-16(11)14/h3-7,10,15,18,20H,8-9H2,1-2H3/t10-,15+/m1/s1. The lowest BCUT2D eigenvalue weighted by atomic mass is 9.89. The molecule has 2 atom stereocenters. The molecular weight excluding hydrogens is 272 g/mol. The van der Waals surface area contributed by atoms with Gasteiger partial charge in [0.2, 0.25) is 0 Å². The van der Waals surface area contributed by atoms with Crippen LogP contribution in [0.5, 0.6) is 0 Å². The molecule has 20 heavy (non-hydrogen) atoms. The number of nitrogens with zero attached hydrogens (tertiary/aromatic N) is 1. The Morgan fingerprint density at radius 1 is 1.45 bits per heavy atom. The average molecular weight is 291 g/mol. The molecule has 2 N–H and O–H groups in total. The number of halogens is 1. The minimum atomic E-state index is 0.0242. The summed E-state index contributed by atoms with van der Waals surface area (Å²) in [6.45, 7) is 3.27. The van der Waals surface area contributed by atoms with Gasteiger partial charge in [-0.05, 0) is 36.7 Å². The molecule has 0 saturated carbocycles. The van der Waals surface area contributed by atoms with Gasteiger partial charge < -0.3 is 10.1 Å². The normalized spacial score (nSPS) is 24.1. The Hall–Kier alpha value is -1.29. The van der Waals surface area contributed by atoms with E-state index in [4.69, 9.17) is 11.6 Å². The maximum Gasteiger partial charge on any atom is 0.0628 e. The third-order valence-corrected chi connectivity index (χ3v) is 4.26. The quantitative estimate of drug-likeness (QED) is 0.892. The topological polar surface area (TPSA) is 39.3 Å². The monoisotopic (exact) mass is 290 g/mol. The van der Waals surface area contributed by atoms with E-state index >= 15 is 0 Å². The molecule has 4 heteroatoms. The van der Waals surface area contributed by atoms with Gasteiger partial charge in [-0.3, -0.25) is 4.90 Å². The van der Waals surface area contributed by atoms with E-state index in [1.165, 1.54) is 0 Å². The Morgan fingerprint density at radius 2 is 2.25 bits per heavy atom. The van der Waals surface area contributed by atoms with Crippen molar-refractivity contribution in [3.05, 3.63) is 41.1 Å². The van der Waals surface area contributed by atoms with Crippen molar-refractivity contribution in [3.63, 3.8) is 0 Å². The summed E-state index contributed by atoms with van der Waals surface area (Å²) in [5.41, 5.74) is 3.33. The van der Waals surface area contributed by atoms with Crippen LogP contribution in [-0.4, -0.2) is 41.2 Å². The van der Waals surface area contributed by atoms with Crippen LogP contribution in [0.4, 0.5) is 0 Å². The molecule has 0 saturated heterocycles. The van der Waals surface area contributed by atoms with Gasteiger partial charge in [0.05, 0.1) is 18.2 Å². The van der Waals surface area contributed by atoms with E-state index in [1.54, 1.807) is 0 Å². The molecule has 0 bridgehead atoms. The van der Waals surface area contributed by atoms with Gasteiger partial charge in [0.15, 0.2) is 0 Å². The number of benzene rings is 1. The molecule has 0 spiro atoms. The van der Waals surface area contributed by atoms with Gasteiger partial charge in [-0.15, -0.1) is 0 Å². The third-order valence-electron chi connectivity index (χ3n) is 4.04. The lowest BCUT2D eigenvalue weighted by molar-refractivity contribution is 0.167. The highest BCUT2D eigenvalue weighted by Gasteiger charge is 2.27. The van der Waals surface area contributed by atoms with E-state index in [0.717, 1.165) is 33.6 Å². The van der Waals surface area contributed by atoms with Crippen molar-refractivity contribution in [3.8, 4) is 0 Å². The number of aliphatic hydroxyl groups is 1. The van der Waals surface area contributed by atoms with Crippen LogP contribution in [0.25, 0.3) is 16.5 Å². The number of nitrogens with one attached hydrogen (secondary N) is 1. The van der Waals surface area contributed by atoms with Crippen LogP contribution in [0.3, 0.4) is 0 Å². The molecular formula is C16H19ClN2O. The molecule has 0 radical (unpaired) electrons. The van der Waals surface area contributed by atoms with Gasteiger partial charge in [-0.1, -0.05) is 24.6 Å². The average Bonchev–Trinajstić information content (AvgIpc) is 2.84. The number of hydrogen-bond acceptors (Lipinski definition) is 2. The lowest BCUT2D eigenvalue weighted by Crippen LogP contribution is -2.41. The predicted molar refractivity (Wildman–Crippen MR) is 84.0 cm³/mol. The van der Waals surface area contributed by atoms with E-state index in [-0.39, 0.29) is 12.6 Å². The second-order valence-corrected chi connectivity index (χ2v) is 6.07. The van der Waals surface area contributed by atoms with Gasteiger partial charge >= 0.3 is 0 Å². The Labute approximate surface area is 123 Å². The maximum absolute atomic E-state index is 9.75. The van der Waals surface area contributed by atoms with Crippen molar-refractivity contribution in [2.75, 3.05) is 20.2 Å². The summed E-state index contributed by atoms with van der Waals surface area (Å²) >= 11 is 6.25. The molecule has 2 heterocycles. The molecule has 3 nitrogen and oxygen atoms in total. The first kappa shape index (κ1) is 13.7. The van der Waals surface area contributed by atoms with E-state index in [2.05, 4.69) is 29.9 Å². The van der Waals surface area contributed by atoms with Crippen LogP contribution in [0.15, 0.2) is 30.5 Å². The third kappa shape index (κ3) is 2.26. The van der Waals surface area contributed by atoms with Gasteiger partial charge in [0, 0.05) is 28.7 Å². The molecule has 106 valence electrons. The van der Waals surface area contributed by atoms with Crippen molar-refractivity contribution < 1.29 is 5.11 Å². The number of fused-ring (bicyclic) bond motifs is 1. The van der Waals surface area contributed by atoms with Gasteiger partial charge in [0.25, 0.3) is 0 Å². The van der Waals surface area contributed by atoms with E-state index in [0.29, 0.717) is 5.92 Å². The summed E-state index contributed by atoms with van der Waals surface area (Å²) in [4.78, 5) is 5.49. The Bertz CT molecular complexity index is 662. The first-order valence-corrected chi connectivity index (χ1v) is 7.27. The second kappa shape index (κ2) is 5.24. The van der Waals surface area contributed by atoms with Crippen LogP contribution in [0, 0.1) is 5.92 Å². The molecule has 1 aromatic carbocycles. The van der Waals surface area contributed by atoms with E-state index in [1.807, 2.05) is 24.4 Å². The summed E-state index contributed by atoms with van der Waals surface area (Å²) < 4.78 is 0. The van der Waals surface area contributed by atoms with Crippen LogP contribution >= 0.6 is 11.6 Å². The number of H-pyrrole nitrogens is 1. The Balaban J connectivity index is 2.20. The number of aliphatic hydroxyl groups excluding tert-OH is 1. The zero-order chi connectivity index (χ0) is 14.3. The fourth-order valence-corrected chi connectivity index (χ4v) is 3.39. The lowest BCUT2D eigenvalue weighted by Gasteiger charge is -2.35. The fraction of sp³-hybridized carbons (Fsp3) is 0.375. The van der Waals surface area contributed by atoms with Crippen LogP contribution in [-0.2, 0) is 0 Å². The zero-order valence-electron chi connectivity index (χ0n) is 11.7. The minimum Gasteiger partial charge on any atom is -0.394 e. The highest BCUT2D eigenvalue weighted by molar-refractivity contribution is 6.31. The molecule has 0 aliphatic carbocycles. The maximum atomic E-state index is 9.75. The van der Waals surface area contributed by atoms with Gasteiger partial charge in [0.1, 0.15) is 0 Å². The molecule has 1 aromatic heterocycles. The van der Waals surface area contributed by atoms with Crippen molar-refractivity contribution in [2.24, 2.45) is 5.92 Å². The fourth-order valence-electron chi connectivity index (χ4n) is 3.16. The number of aromatic nitrogens is 1. The van der Waals surface area contributed by atoms with Crippen molar-refractivity contribution in [2.45, 2.75) is 13.0 Å². The SMILES string of the molecule is C[C@@H]1C=C(c2cc(Cl)cc3cc[nH]c23)[C@H](CO)N(C)C1. The van der Waals surface area contributed by atoms with Crippen LogP contribution in [0.1, 0.15) is 12.5 Å². The summed E-state index contributed by atoms with van der Waals surface area (Å²) in [6.07, 6.45) is 4.18. The summed E-state index contributed by atoms with van der Waals surface area (Å²) in [6, 6.07) is 5.99. The number of likely N-dealkylation sites (N-methyl/N-ethyl adjacent to an activating group) is 1. The largest absolute Gasteiger partial charge is 0.394 e. The first-order valence-electron chi connectivity index (χ1n) is 6.90. The molecule has 1 aliphatic heterocycles. The molecule has 1 aliphatic rings. The van der Waals surface area contributed by atoms with Crippen LogP contribution in [0.2, 0.25) is 5.02 Å². The van der Waals surface area contributed by atoms with E-state index in [9.17, 15) is 5.11 Å². The van der Waals surface area contributed by atoms with Gasteiger partial charge in [-0.25, -0.2) is 0 Å². The number of aromatic amines is 1. The molecule has 0 unspecified atom stereocenters. The second-order valence-electron chi connectivity index (χ2n) is 5.63. The summed E-state index contributed by atoms with van der Waals surface area (Å²) in [5, 5.41) is 11.6. The van der Waals surface area contributed by atoms with Crippen molar-refractivity contribution >= 4 is 28.1 Å². The van der Waals surface area contributed by atoms with Gasteiger partial charge in [-0.2, -0.15) is 0 Å². The highest BCUT2D eigenvalue weighted by atomic mass is 35.5. The predicted octanol–water partition coefficient (Wildman–Crippen LogP) is 3.15. The summed E-state index contributed by atoms with van der Waals surface area (Å²) in [7, 11) is 2.06. The molecule has 0 amide bonds. The molecule has 3 rings (SSSR count). The highest BCUT2D eigenvalue weighted by Crippen LogP contribution is 2.34. The smallest absolute Gasteiger partial charge is 0.0628 e.